The van der Waals surface area contributed by atoms with Crippen LogP contribution in [0.25, 0.3) is 5.69 Å². The Morgan fingerprint density at radius 1 is 1.03 bits per heavy atom. The van der Waals surface area contributed by atoms with Crippen LogP contribution in [0.2, 0.25) is 0 Å². The van der Waals surface area contributed by atoms with Gasteiger partial charge in [-0.15, -0.1) is 0 Å². The number of anilines is 2. The van der Waals surface area contributed by atoms with E-state index >= 15 is 0 Å². The highest BCUT2D eigenvalue weighted by Crippen LogP contribution is 2.44. The summed E-state index contributed by atoms with van der Waals surface area (Å²) in [6.07, 6.45) is 0. The lowest BCUT2D eigenvalue weighted by Crippen LogP contribution is -2.26. The quantitative estimate of drug-likeness (QED) is 0.383. The van der Waals surface area contributed by atoms with Crippen LogP contribution in [-0.4, -0.2) is 19.7 Å². The van der Waals surface area contributed by atoms with Gasteiger partial charge >= 0.3 is 0 Å². The van der Waals surface area contributed by atoms with Crippen LogP contribution in [0.1, 0.15) is 28.3 Å². The SMILES string of the molecule is Cc1nn(-c2ccccc2)c2c1C(c1ccc(F)cc1)c1c([nH]c(=S)[nH]c1=O)N2. The number of hydrogen-bond acceptors (Lipinski definition) is 4. The predicted molar refractivity (Wildman–Crippen MR) is 111 cm³/mol. The van der Waals surface area contributed by atoms with Gasteiger partial charge in [-0.3, -0.25) is 9.78 Å². The summed E-state index contributed by atoms with van der Waals surface area (Å²) in [6, 6.07) is 15.9. The molecule has 0 radical (unpaired) electrons. The number of halogens is 1. The number of nitrogens with one attached hydrogen (secondary N) is 3. The van der Waals surface area contributed by atoms with Crippen molar-refractivity contribution >= 4 is 23.9 Å². The van der Waals surface area contributed by atoms with E-state index < -0.39 is 5.92 Å². The first-order valence-corrected chi connectivity index (χ1v) is 9.47. The second-order valence-electron chi connectivity index (χ2n) is 6.90. The number of benzene rings is 2. The number of nitrogens with zero attached hydrogens (tertiary/aromatic N) is 2. The lowest BCUT2D eigenvalue weighted by atomic mass is 9.83. The summed E-state index contributed by atoms with van der Waals surface area (Å²) in [5, 5.41) is 8.02. The number of aromatic amines is 2. The molecule has 0 saturated carbocycles. The van der Waals surface area contributed by atoms with Crippen molar-refractivity contribution in [3.63, 3.8) is 0 Å². The number of aromatic nitrogens is 4. The zero-order valence-electron chi connectivity index (χ0n) is 15.4. The van der Waals surface area contributed by atoms with Crippen molar-refractivity contribution in [2.45, 2.75) is 12.8 Å². The maximum absolute atomic E-state index is 13.6. The van der Waals surface area contributed by atoms with Gasteiger partial charge in [0.05, 0.1) is 16.9 Å². The number of hydrogen-bond donors (Lipinski definition) is 3. The van der Waals surface area contributed by atoms with E-state index in [2.05, 4.69) is 15.3 Å². The number of rotatable bonds is 2. The van der Waals surface area contributed by atoms with Crippen molar-refractivity contribution in [1.82, 2.24) is 19.7 Å². The molecule has 5 rings (SSSR count). The lowest BCUT2D eigenvalue weighted by Gasteiger charge is -2.27. The van der Waals surface area contributed by atoms with Crippen LogP contribution < -0.4 is 10.9 Å². The van der Waals surface area contributed by atoms with Gasteiger partial charge in [0, 0.05) is 11.5 Å². The maximum Gasteiger partial charge on any atom is 0.257 e. The highest BCUT2D eigenvalue weighted by Gasteiger charge is 2.35. The van der Waals surface area contributed by atoms with Gasteiger partial charge in [0.1, 0.15) is 17.5 Å². The molecule has 2 aromatic carbocycles. The molecule has 29 heavy (non-hydrogen) atoms. The minimum atomic E-state index is -0.421. The summed E-state index contributed by atoms with van der Waals surface area (Å²) < 4.78 is 15.6. The fourth-order valence-corrected chi connectivity index (χ4v) is 4.08. The van der Waals surface area contributed by atoms with Crippen LogP contribution in [0.15, 0.2) is 59.4 Å². The second kappa shape index (κ2) is 6.52. The molecule has 0 aliphatic carbocycles. The van der Waals surface area contributed by atoms with Gasteiger partial charge in [-0.25, -0.2) is 9.07 Å². The molecule has 0 bridgehead atoms. The van der Waals surface area contributed by atoms with E-state index in [1.54, 1.807) is 12.1 Å². The van der Waals surface area contributed by atoms with Crippen LogP contribution in [0.4, 0.5) is 16.0 Å². The van der Waals surface area contributed by atoms with Gasteiger partial charge < -0.3 is 10.3 Å². The van der Waals surface area contributed by atoms with Gasteiger partial charge in [-0.1, -0.05) is 30.3 Å². The summed E-state index contributed by atoms with van der Waals surface area (Å²) in [5.74, 6) is 0.501. The molecule has 6 nitrogen and oxygen atoms in total. The molecule has 1 aliphatic heterocycles. The Morgan fingerprint density at radius 2 is 1.76 bits per heavy atom. The molecule has 3 heterocycles. The van der Waals surface area contributed by atoms with Crippen LogP contribution >= 0.6 is 12.2 Å². The summed E-state index contributed by atoms with van der Waals surface area (Å²) in [5.41, 5.74) is 3.52. The molecule has 1 aliphatic rings. The Labute approximate surface area is 170 Å². The zero-order chi connectivity index (χ0) is 20.1. The van der Waals surface area contributed by atoms with Crippen LogP contribution in [0, 0.1) is 17.5 Å². The topological polar surface area (TPSA) is 78.5 Å². The van der Waals surface area contributed by atoms with Gasteiger partial charge in [-0.05, 0) is 49.0 Å². The van der Waals surface area contributed by atoms with E-state index in [1.807, 2.05) is 41.9 Å². The van der Waals surface area contributed by atoms with Gasteiger partial charge in [0.15, 0.2) is 4.77 Å². The Bertz CT molecular complexity index is 1340. The number of para-hydroxylation sites is 1. The number of fused-ring (bicyclic) bond motifs is 2. The molecule has 4 aromatic rings. The Hall–Kier alpha value is -3.52. The van der Waals surface area contributed by atoms with Crippen molar-refractivity contribution in [3.05, 3.63) is 97.9 Å². The Morgan fingerprint density at radius 3 is 2.48 bits per heavy atom. The smallest absolute Gasteiger partial charge is 0.257 e. The molecule has 1 unspecified atom stereocenters. The highest BCUT2D eigenvalue weighted by molar-refractivity contribution is 7.71. The van der Waals surface area contributed by atoms with E-state index in [0.29, 0.717) is 11.4 Å². The fraction of sp³-hybridized carbons (Fsp3) is 0.0952. The predicted octanol–water partition coefficient (Wildman–Crippen LogP) is 4.30. The minimum absolute atomic E-state index is 0.227. The van der Waals surface area contributed by atoms with E-state index in [0.717, 1.165) is 28.3 Å². The molecule has 0 saturated heterocycles. The first-order chi connectivity index (χ1) is 14.0. The highest BCUT2D eigenvalue weighted by atomic mass is 32.1. The average Bonchev–Trinajstić information content (AvgIpc) is 3.04. The van der Waals surface area contributed by atoms with Gasteiger partial charge in [0.2, 0.25) is 0 Å². The van der Waals surface area contributed by atoms with Gasteiger partial charge in [-0.2, -0.15) is 5.10 Å². The lowest BCUT2D eigenvalue weighted by molar-refractivity contribution is 0.626. The van der Waals surface area contributed by atoms with E-state index in [9.17, 15) is 9.18 Å². The second-order valence-corrected chi connectivity index (χ2v) is 7.31. The van der Waals surface area contributed by atoms with Crippen LogP contribution in [-0.2, 0) is 0 Å². The monoisotopic (exact) mass is 405 g/mol. The minimum Gasteiger partial charge on any atom is -0.326 e. The molecule has 0 amide bonds. The molecule has 3 N–H and O–H groups in total. The normalized spacial score (nSPS) is 14.8. The average molecular weight is 405 g/mol. The molecule has 144 valence electrons. The van der Waals surface area contributed by atoms with Crippen LogP contribution in [0.3, 0.4) is 0 Å². The third-order valence-corrected chi connectivity index (χ3v) is 5.32. The fourth-order valence-electron chi connectivity index (χ4n) is 3.88. The maximum atomic E-state index is 13.6. The standard InChI is InChI=1S/C21H16FN5OS/c1-11-15-16(12-7-9-13(22)10-8-12)17-18(24-21(29)25-20(17)28)23-19(15)27(26-11)14-5-3-2-4-6-14/h2-10,16H,1H3,(H3,23,24,25,28,29). The zero-order valence-corrected chi connectivity index (χ0v) is 16.2. The summed E-state index contributed by atoms with van der Waals surface area (Å²) in [7, 11) is 0. The first kappa shape index (κ1) is 17.6. The molecule has 1 atom stereocenters. The van der Waals surface area contributed by atoms with E-state index in [-0.39, 0.29) is 16.1 Å². The Balaban J connectivity index is 1.82. The third-order valence-electron chi connectivity index (χ3n) is 5.11. The summed E-state index contributed by atoms with van der Waals surface area (Å²) >= 11 is 5.16. The van der Waals surface area contributed by atoms with E-state index in [1.165, 1.54) is 12.1 Å². The van der Waals surface area contributed by atoms with E-state index in [4.69, 9.17) is 17.3 Å². The molecule has 2 aromatic heterocycles. The number of aryl methyl sites for hydroxylation is 1. The van der Waals surface area contributed by atoms with Crippen molar-refractivity contribution in [3.8, 4) is 5.69 Å². The van der Waals surface area contributed by atoms with Crippen molar-refractivity contribution in [2.24, 2.45) is 0 Å². The molecular formula is C21H16FN5OS. The summed E-state index contributed by atoms with van der Waals surface area (Å²) in [6.45, 7) is 1.90. The van der Waals surface area contributed by atoms with Crippen molar-refractivity contribution in [1.29, 1.82) is 0 Å². The van der Waals surface area contributed by atoms with Gasteiger partial charge in [0.25, 0.3) is 5.56 Å². The summed E-state index contributed by atoms with van der Waals surface area (Å²) in [4.78, 5) is 18.6. The van der Waals surface area contributed by atoms with Crippen molar-refractivity contribution < 1.29 is 4.39 Å². The molecule has 8 heteroatoms. The Kier molecular flexibility index (Phi) is 3.95. The molecule has 0 spiro atoms. The third kappa shape index (κ3) is 2.80. The molecular weight excluding hydrogens is 389 g/mol. The first-order valence-electron chi connectivity index (χ1n) is 9.07. The largest absolute Gasteiger partial charge is 0.326 e. The van der Waals surface area contributed by atoms with Crippen LogP contribution in [0.5, 0.6) is 0 Å². The number of H-pyrrole nitrogens is 2. The van der Waals surface area contributed by atoms with Crippen molar-refractivity contribution in [2.75, 3.05) is 5.32 Å². The molecule has 0 fully saturated rings.